The molecule has 11 rings (SSSR count). The first-order chi connectivity index (χ1) is 35.6. The van der Waals surface area contributed by atoms with Crippen molar-refractivity contribution in [3.63, 3.8) is 0 Å². The predicted octanol–water partition coefficient (Wildman–Crippen LogP) is 12.5. The minimum absolute atomic E-state index is 0.0137. The van der Waals surface area contributed by atoms with Gasteiger partial charge in [-0.1, -0.05) is 110 Å². The van der Waals surface area contributed by atoms with Crippen molar-refractivity contribution in [1.29, 1.82) is 0 Å². The lowest BCUT2D eigenvalue weighted by atomic mass is 9.32. The Morgan fingerprint density at radius 3 is 2.45 bits per heavy atom. The number of anilines is 1. The normalized spacial score (nSPS) is 44.2. The van der Waals surface area contributed by atoms with Crippen LogP contribution in [0.15, 0.2) is 53.6 Å². The Bertz CT molecular complexity index is 2520. The van der Waals surface area contributed by atoms with Crippen LogP contribution in [0.1, 0.15) is 212 Å². The standard InChI is InChI=1S/C66H97N3O6/c1-39(2)21-22-40-27-42-15-9-10-18-47(42)49(32-54(71)60-65(7,75-60)51-20-14-19-48(51)43-16-13-17-45(67)30-43)57-52-23-24-56-63(5)34-50(44-28-41(37-68-8)29-46(70)31-44)59(73)62(4)26-12-11-25-61(3,74)38-69-53(58(62)63)35-66(56,33-40)64(52,6)36-55(57)72/h13,16-17,28-31,39-40,42,47-51,53-54,56,58,60,68-71,74H,9-12,14-15,18-27,32-38,67H2,1-8H3. The van der Waals surface area contributed by atoms with Gasteiger partial charge < -0.3 is 36.4 Å². The number of Topliss-reactive ketones (excluding diaryl/α,β-unsaturated/α-hetero) is 2. The number of nitrogen functional groups attached to an aromatic ring is 1. The lowest BCUT2D eigenvalue weighted by Crippen LogP contribution is -2.71. The number of epoxide rings is 1. The Morgan fingerprint density at radius 1 is 0.893 bits per heavy atom. The van der Waals surface area contributed by atoms with E-state index in [1.165, 1.54) is 43.2 Å². The monoisotopic (exact) mass is 1030 g/mol. The summed E-state index contributed by atoms with van der Waals surface area (Å²) in [5.74, 6) is 3.33. The SMILES string of the molecule is CNCc1cc(O)cc(C2CC3(C)C4C(CC56CC(CCC(C)C)CC7CCCCC7C(CC(O)C7OC7(C)C7CCCC7c7cccc(N)c7)C7=C(CCC35)C6(C)CC7=O)NCC(C)(O)CCCCC4(C)C2=O)c1. The molecule has 9 aliphatic rings. The highest BCUT2D eigenvalue weighted by Crippen LogP contribution is 2.78. The van der Waals surface area contributed by atoms with Gasteiger partial charge in [0.2, 0.25) is 0 Å². The van der Waals surface area contributed by atoms with Crippen molar-refractivity contribution in [2.75, 3.05) is 19.3 Å². The van der Waals surface area contributed by atoms with Crippen molar-refractivity contribution in [2.45, 2.75) is 231 Å². The maximum atomic E-state index is 15.9. The summed E-state index contributed by atoms with van der Waals surface area (Å²) in [4.78, 5) is 31.8. The fraction of sp³-hybridized carbons (Fsp3) is 0.758. The van der Waals surface area contributed by atoms with Crippen molar-refractivity contribution in [1.82, 2.24) is 10.6 Å². The highest BCUT2D eigenvalue weighted by Gasteiger charge is 2.74. The molecule has 2 aromatic rings. The van der Waals surface area contributed by atoms with Gasteiger partial charge in [-0.2, -0.15) is 0 Å². The third kappa shape index (κ3) is 9.15. The van der Waals surface area contributed by atoms with Crippen molar-refractivity contribution in [3.05, 3.63) is 70.3 Å². The Balaban J connectivity index is 1.04. The molecule has 7 fully saturated rings. The number of ether oxygens (including phenoxy) is 1. The van der Waals surface area contributed by atoms with Crippen molar-refractivity contribution in [3.8, 4) is 5.75 Å². The molecule has 0 amide bonds. The number of fused-ring (bicyclic) bond motifs is 2. The zero-order valence-electron chi connectivity index (χ0n) is 47.5. The first-order valence-electron chi connectivity index (χ1n) is 30.6. The van der Waals surface area contributed by atoms with E-state index < -0.39 is 28.1 Å². The molecule has 2 aliphatic heterocycles. The summed E-state index contributed by atoms with van der Waals surface area (Å²) in [6, 6.07) is 14.3. The van der Waals surface area contributed by atoms with Crippen LogP contribution in [0.4, 0.5) is 5.69 Å². The van der Waals surface area contributed by atoms with E-state index >= 15 is 9.59 Å². The number of β-amino-alcohol motifs (C(OH)–C–C–N with tert-alkyl or cyclic N) is 1. The average molecular weight is 1030 g/mol. The molecule has 2 heterocycles. The van der Waals surface area contributed by atoms with E-state index in [4.69, 9.17) is 10.5 Å². The lowest BCUT2D eigenvalue weighted by Gasteiger charge is -2.72. The molecule has 1 spiro atoms. The maximum absolute atomic E-state index is 15.9. The van der Waals surface area contributed by atoms with E-state index in [9.17, 15) is 15.3 Å². The summed E-state index contributed by atoms with van der Waals surface area (Å²) in [7, 11) is 1.93. The number of aromatic hydroxyl groups is 1. The van der Waals surface area contributed by atoms with Crippen molar-refractivity contribution >= 4 is 17.3 Å². The maximum Gasteiger partial charge on any atom is 0.160 e. The van der Waals surface area contributed by atoms with E-state index in [-0.39, 0.29) is 52.4 Å². The number of hydrogen-bond donors (Lipinski definition) is 6. The fourth-order valence-corrected chi connectivity index (χ4v) is 20.7. The first-order valence-corrected chi connectivity index (χ1v) is 30.6. The summed E-state index contributed by atoms with van der Waals surface area (Å²) in [6.45, 7) is 17.6. The second kappa shape index (κ2) is 19.9. The number of carbonyl (C=O) groups excluding carboxylic acids is 2. The van der Waals surface area contributed by atoms with E-state index in [1.54, 1.807) is 0 Å². The molecule has 2 aromatic carbocycles. The van der Waals surface area contributed by atoms with Gasteiger partial charge in [0.15, 0.2) is 5.78 Å². The summed E-state index contributed by atoms with van der Waals surface area (Å²) < 4.78 is 6.84. The molecule has 0 aromatic heterocycles. The number of allylic oxidation sites excluding steroid dienone is 2. The molecular formula is C66H97N3O6. The minimum Gasteiger partial charge on any atom is -0.508 e. The Labute approximate surface area is 451 Å². The molecule has 5 saturated carbocycles. The average Bonchev–Trinajstić information content (AvgIpc) is 3.66. The molecule has 9 heteroatoms. The molecule has 2 saturated heterocycles. The van der Waals surface area contributed by atoms with Crippen molar-refractivity contribution < 1.29 is 29.6 Å². The van der Waals surface area contributed by atoms with Crippen LogP contribution >= 0.6 is 0 Å². The van der Waals surface area contributed by atoms with Crippen molar-refractivity contribution in [2.24, 2.45) is 69.0 Å². The topological polar surface area (TPSA) is 157 Å². The molecule has 18 unspecified atom stereocenters. The number of nitrogens with two attached hydrogens (primary N) is 1. The Kier molecular flexibility index (Phi) is 14.3. The molecule has 7 N–H and O–H groups in total. The van der Waals surface area contributed by atoms with E-state index in [1.807, 2.05) is 32.2 Å². The molecule has 4 bridgehead atoms. The van der Waals surface area contributed by atoms with Crippen LogP contribution in [0.5, 0.6) is 5.75 Å². The number of benzene rings is 2. The van der Waals surface area contributed by atoms with Crippen LogP contribution in [0, 0.1) is 69.0 Å². The molecule has 0 radical (unpaired) electrons. The molecule has 412 valence electrons. The molecule has 7 aliphatic carbocycles. The summed E-state index contributed by atoms with van der Waals surface area (Å²) >= 11 is 0. The largest absolute Gasteiger partial charge is 0.508 e. The molecule has 75 heavy (non-hydrogen) atoms. The number of hydrogen-bond acceptors (Lipinski definition) is 9. The third-order valence-corrected chi connectivity index (χ3v) is 23.8. The van der Waals surface area contributed by atoms with Gasteiger partial charge in [-0.05, 0) is 209 Å². The zero-order chi connectivity index (χ0) is 53.0. The second-order valence-corrected chi connectivity index (χ2v) is 28.9. The lowest BCUT2D eigenvalue weighted by molar-refractivity contribution is -0.210. The minimum atomic E-state index is -0.876. The number of aliphatic hydroxyl groups is 2. The van der Waals surface area contributed by atoms with Gasteiger partial charge >= 0.3 is 0 Å². The van der Waals surface area contributed by atoms with Crippen LogP contribution in [-0.2, 0) is 20.9 Å². The Morgan fingerprint density at radius 2 is 1.68 bits per heavy atom. The molecular weight excluding hydrogens is 931 g/mol. The quantitative estimate of drug-likeness (QED) is 0.0952. The zero-order valence-corrected chi connectivity index (χ0v) is 47.5. The number of carbonyl (C=O) groups is 2. The first kappa shape index (κ1) is 53.9. The number of nitrogens with one attached hydrogen (secondary N) is 2. The highest BCUT2D eigenvalue weighted by atomic mass is 16.6. The molecule has 9 nitrogen and oxygen atoms in total. The summed E-state index contributed by atoms with van der Waals surface area (Å²) in [5.41, 5.74) is 9.99. The van der Waals surface area contributed by atoms with Gasteiger partial charge in [0, 0.05) is 48.0 Å². The van der Waals surface area contributed by atoms with Crippen LogP contribution in [0.25, 0.3) is 0 Å². The van der Waals surface area contributed by atoms with Gasteiger partial charge in [0.25, 0.3) is 0 Å². The van der Waals surface area contributed by atoms with E-state index in [2.05, 4.69) is 76.4 Å². The second-order valence-electron chi connectivity index (χ2n) is 28.9. The number of aliphatic hydroxyl groups excluding tert-OH is 1. The Hall–Kier alpha value is -3.08. The van der Waals surface area contributed by atoms with Gasteiger partial charge in [-0.3, -0.25) is 9.59 Å². The summed E-state index contributed by atoms with van der Waals surface area (Å²) in [6.07, 6.45) is 19.4. The van der Waals surface area contributed by atoms with Crippen LogP contribution < -0.4 is 16.4 Å². The van der Waals surface area contributed by atoms with Gasteiger partial charge in [-0.25, -0.2) is 0 Å². The van der Waals surface area contributed by atoms with Gasteiger partial charge in [0.1, 0.15) is 17.6 Å². The van der Waals surface area contributed by atoms with Crippen LogP contribution in [0.3, 0.4) is 0 Å². The molecule has 18 atom stereocenters. The summed E-state index contributed by atoms with van der Waals surface area (Å²) in [5, 5.41) is 43.7. The number of phenols is 1. The third-order valence-electron chi connectivity index (χ3n) is 23.8. The van der Waals surface area contributed by atoms with Crippen LogP contribution in [0.2, 0.25) is 0 Å². The highest BCUT2D eigenvalue weighted by molar-refractivity contribution is 6.01. The van der Waals surface area contributed by atoms with Gasteiger partial charge in [-0.15, -0.1) is 0 Å². The number of phenolic OH excluding ortho intramolecular Hbond substituents is 1. The van der Waals surface area contributed by atoms with Crippen LogP contribution in [-0.4, -0.2) is 69.9 Å². The smallest absolute Gasteiger partial charge is 0.160 e. The number of ketones is 2. The van der Waals surface area contributed by atoms with Gasteiger partial charge in [0.05, 0.1) is 17.3 Å². The number of rotatable bonds is 11. The van der Waals surface area contributed by atoms with E-state index in [0.717, 1.165) is 99.4 Å². The van der Waals surface area contributed by atoms with E-state index in [0.29, 0.717) is 85.8 Å². The predicted molar refractivity (Wildman–Crippen MR) is 299 cm³/mol. The fourth-order valence-electron chi connectivity index (χ4n) is 20.7.